The van der Waals surface area contributed by atoms with Gasteiger partial charge >= 0.3 is 0 Å². The Bertz CT molecular complexity index is 554. The fourth-order valence-corrected chi connectivity index (χ4v) is 1.81. The van der Waals surface area contributed by atoms with Gasteiger partial charge in [0, 0.05) is 11.4 Å². The minimum Gasteiger partial charge on any atom is -0.348 e. The number of amides is 1. The molecule has 2 rings (SSSR count). The molecule has 0 bridgehead atoms. The van der Waals surface area contributed by atoms with Gasteiger partial charge in [0.2, 0.25) is 0 Å². The Morgan fingerprint density at radius 2 is 1.78 bits per heavy atom. The van der Waals surface area contributed by atoms with Crippen molar-refractivity contribution in [3.05, 3.63) is 65.5 Å². The number of carbonyl (C=O) groups excluding carboxylic acids is 1. The second-order valence-electron chi connectivity index (χ2n) is 3.83. The molecule has 2 aromatic rings. The lowest BCUT2D eigenvalue weighted by Crippen LogP contribution is -2.23. The summed E-state index contributed by atoms with van der Waals surface area (Å²) in [5.41, 5.74) is 1.38. The van der Waals surface area contributed by atoms with Gasteiger partial charge in [0.05, 0.1) is 5.56 Å². The monoisotopic (exact) mass is 261 g/mol. The molecule has 1 N–H and O–H groups in total. The van der Waals surface area contributed by atoms with Crippen molar-refractivity contribution in [2.45, 2.75) is 11.4 Å². The minimum atomic E-state index is -0.286. The van der Waals surface area contributed by atoms with Crippen molar-refractivity contribution < 1.29 is 9.18 Å². The first-order valence-electron chi connectivity index (χ1n) is 5.47. The van der Waals surface area contributed by atoms with Gasteiger partial charge in [-0.25, -0.2) is 4.39 Å². The fourth-order valence-electron chi connectivity index (χ4n) is 1.55. The second-order valence-corrected chi connectivity index (χ2v) is 4.31. The van der Waals surface area contributed by atoms with Crippen LogP contribution in [0.25, 0.3) is 0 Å². The zero-order chi connectivity index (χ0) is 13.0. The zero-order valence-electron chi connectivity index (χ0n) is 9.56. The highest BCUT2D eigenvalue weighted by molar-refractivity contribution is 7.80. The number of hydrogen-bond acceptors (Lipinski definition) is 2. The Morgan fingerprint density at radius 3 is 2.44 bits per heavy atom. The van der Waals surface area contributed by atoms with Crippen molar-refractivity contribution in [1.82, 2.24) is 5.32 Å². The van der Waals surface area contributed by atoms with Crippen LogP contribution < -0.4 is 5.32 Å². The summed E-state index contributed by atoms with van der Waals surface area (Å²) < 4.78 is 12.7. The molecule has 1 amide bonds. The first kappa shape index (κ1) is 12.6. The number of carbonyl (C=O) groups is 1. The highest BCUT2D eigenvalue weighted by Gasteiger charge is 2.07. The lowest BCUT2D eigenvalue weighted by Gasteiger charge is -2.07. The van der Waals surface area contributed by atoms with Crippen molar-refractivity contribution in [1.29, 1.82) is 0 Å². The summed E-state index contributed by atoms with van der Waals surface area (Å²) in [7, 11) is 0. The molecular formula is C14H12FNOS. The summed E-state index contributed by atoms with van der Waals surface area (Å²) in [4.78, 5) is 12.5. The van der Waals surface area contributed by atoms with E-state index in [1.165, 1.54) is 12.1 Å². The second kappa shape index (κ2) is 5.69. The molecule has 18 heavy (non-hydrogen) atoms. The number of hydrogen-bond donors (Lipinski definition) is 2. The molecule has 0 atom stereocenters. The van der Waals surface area contributed by atoms with Crippen LogP contribution in [0.1, 0.15) is 15.9 Å². The van der Waals surface area contributed by atoms with E-state index in [4.69, 9.17) is 0 Å². The van der Waals surface area contributed by atoms with E-state index >= 15 is 0 Å². The standard InChI is InChI=1S/C14H12FNOS/c15-11-7-5-10(6-8-11)9-16-14(17)12-3-1-2-4-13(12)18/h1-8,18H,9H2,(H,16,17). The Hall–Kier alpha value is -1.81. The largest absolute Gasteiger partial charge is 0.348 e. The van der Waals surface area contributed by atoms with E-state index < -0.39 is 0 Å². The van der Waals surface area contributed by atoms with Crippen LogP contribution in [-0.4, -0.2) is 5.91 Å². The molecular weight excluding hydrogens is 249 g/mol. The van der Waals surface area contributed by atoms with Crippen LogP contribution in [0.2, 0.25) is 0 Å². The van der Waals surface area contributed by atoms with Crippen LogP contribution >= 0.6 is 12.6 Å². The van der Waals surface area contributed by atoms with Crippen molar-refractivity contribution in [2.75, 3.05) is 0 Å². The Kier molecular flexibility index (Phi) is 3.99. The number of thiol groups is 1. The molecule has 2 aromatic carbocycles. The smallest absolute Gasteiger partial charge is 0.252 e. The summed E-state index contributed by atoms with van der Waals surface area (Å²) >= 11 is 4.22. The van der Waals surface area contributed by atoms with Gasteiger partial charge in [0.25, 0.3) is 5.91 Å². The van der Waals surface area contributed by atoms with Crippen LogP contribution in [0.4, 0.5) is 4.39 Å². The van der Waals surface area contributed by atoms with Crippen LogP contribution in [0.15, 0.2) is 53.4 Å². The van der Waals surface area contributed by atoms with Gasteiger partial charge in [-0.2, -0.15) is 0 Å². The van der Waals surface area contributed by atoms with Gasteiger partial charge in [0.1, 0.15) is 5.82 Å². The maximum Gasteiger partial charge on any atom is 0.252 e. The lowest BCUT2D eigenvalue weighted by atomic mass is 10.2. The van der Waals surface area contributed by atoms with Gasteiger partial charge in [-0.05, 0) is 29.8 Å². The fraction of sp³-hybridized carbons (Fsp3) is 0.0714. The predicted molar refractivity (Wildman–Crippen MR) is 71.3 cm³/mol. The highest BCUT2D eigenvalue weighted by Crippen LogP contribution is 2.12. The van der Waals surface area contributed by atoms with E-state index in [0.717, 1.165) is 5.56 Å². The van der Waals surface area contributed by atoms with E-state index in [1.54, 1.807) is 30.3 Å². The quantitative estimate of drug-likeness (QED) is 0.817. The van der Waals surface area contributed by atoms with Crippen molar-refractivity contribution in [3.8, 4) is 0 Å². The average Bonchev–Trinajstić information content (AvgIpc) is 2.38. The molecule has 0 unspecified atom stereocenters. The van der Waals surface area contributed by atoms with Gasteiger partial charge < -0.3 is 5.32 Å². The topological polar surface area (TPSA) is 29.1 Å². The van der Waals surface area contributed by atoms with Gasteiger partial charge in [-0.3, -0.25) is 4.79 Å². The molecule has 0 heterocycles. The summed E-state index contributed by atoms with van der Waals surface area (Å²) in [5, 5.41) is 2.77. The zero-order valence-corrected chi connectivity index (χ0v) is 10.5. The van der Waals surface area contributed by atoms with Gasteiger partial charge in [-0.1, -0.05) is 24.3 Å². The Morgan fingerprint density at radius 1 is 1.11 bits per heavy atom. The first-order chi connectivity index (χ1) is 8.66. The minimum absolute atomic E-state index is 0.190. The van der Waals surface area contributed by atoms with Gasteiger partial charge in [-0.15, -0.1) is 12.6 Å². The molecule has 0 saturated carbocycles. The third-order valence-electron chi connectivity index (χ3n) is 2.52. The molecule has 0 saturated heterocycles. The molecule has 0 spiro atoms. The first-order valence-corrected chi connectivity index (χ1v) is 5.92. The number of benzene rings is 2. The molecule has 0 aromatic heterocycles. The Labute approximate surface area is 110 Å². The summed E-state index contributed by atoms with van der Waals surface area (Å²) in [6, 6.07) is 13.1. The molecule has 0 aliphatic rings. The maximum atomic E-state index is 12.7. The van der Waals surface area contributed by atoms with Crippen LogP contribution in [0, 0.1) is 5.82 Å². The van der Waals surface area contributed by atoms with Gasteiger partial charge in [0.15, 0.2) is 0 Å². The number of halogens is 1. The van der Waals surface area contributed by atoms with E-state index in [-0.39, 0.29) is 11.7 Å². The third-order valence-corrected chi connectivity index (χ3v) is 2.90. The Balaban J connectivity index is 2.01. The molecule has 2 nitrogen and oxygen atoms in total. The molecule has 0 aliphatic heterocycles. The summed E-state index contributed by atoms with van der Waals surface area (Å²) in [6.45, 7) is 0.362. The molecule has 0 radical (unpaired) electrons. The van der Waals surface area contributed by atoms with Crippen LogP contribution in [0.5, 0.6) is 0 Å². The molecule has 0 fully saturated rings. The highest BCUT2D eigenvalue weighted by atomic mass is 32.1. The SMILES string of the molecule is O=C(NCc1ccc(F)cc1)c1ccccc1S. The average molecular weight is 261 g/mol. The lowest BCUT2D eigenvalue weighted by molar-refractivity contribution is 0.0948. The van der Waals surface area contributed by atoms with Crippen molar-refractivity contribution in [2.24, 2.45) is 0 Å². The van der Waals surface area contributed by atoms with E-state index in [0.29, 0.717) is 17.0 Å². The van der Waals surface area contributed by atoms with E-state index in [1.807, 2.05) is 6.07 Å². The number of nitrogens with one attached hydrogen (secondary N) is 1. The van der Waals surface area contributed by atoms with Crippen LogP contribution in [0.3, 0.4) is 0 Å². The summed E-state index contributed by atoms with van der Waals surface area (Å²) in [5.74, 6) is -0.476. The van der Waals surface area contributed by atoms with Crippen molar-refractivity contribution >= 4 is 18.5 Å². The third kappa shape index (κ3) is 3.11. The molecule has 92 valence electrons. The van der Waals surface area contributed by atoms with E-state index in [2.05, 4.69) is 17.9 Å². The molecule has 0 aliphatic carbocycles. The molecule has 4 heteroatoms. The summed E-state index contributed by atoms with van der Waals surface area (Å²) in [6.07, 6.45) is 0. The normalized spacial score (nSPS) is 10.1. The van der Waals surface area contributed by atoms with Crippen LogP contribution in [-0.2, 0) is 6.54 Å². The van der Waals surface area contributed by atoms with E-state index in [9.17, 15) is 9.18 Å². The number of rotatable bonds is 3. The van der Waals surface area contributed by atoms with Crippen molar-refractivity contribution in [3.63, 3.8) is 0 Å². The predicted octanol–water partition coefficient (Wildman–Crippen LogP) is 3.04. The maximum absolute atomic E-state index is 12.7.